The van der Waals surface area contributed by atoms with Gasteiger partial charge in [-0.15, -0.1) is 0 Å². The number of aliphatic carboxylic acids is 1. The Morgan fingerprint density at radius 2 is 2.18 bits per heavy atom. The van der Waals surface area contributed by atoms with Crippen LogP contribution in [-0.2, 0) is 14.8 Å². The zero-order chi connectivity index (χ0) is 16.5. The summed E-state index contributed by atoms with van der Waals surface area (Å²) in [4.78, 5) is 10.8. The molecule has 122 valence electrons. The number of carboxylic acids is 1. The van der Waals surface area contributed by atoms with Crippen molar-refractivity contribution < 1.29 is 27.4 Å². The van der Waals surface area contributed by atoms with Gasteiger partial charge in [-0.25, -0.2) is 12.8 Å². The molecule has 1 atom stereocenters. The third-order valence-electron chi connectivity index (χ3n) is 3.56. The monoisotopic (exact) mass is 395 g/mol. The average molecular weight is 396 g/mol. The van der Waals surface area contributed by atoms with Gasteiger partial charge in [-0.2, -0.15) is 4.31 Å². The number of halogens is 2. The molecule has 1 heterocycles. The molecule has 1 aliphatic heterocycles. The lowest BCUT2D eigenvalue weighted by Gasteiger charge is -2.30. The first kappa shape index (κ1) is 17.2. The van der Waals surface area contributed by atoms with E-state index in [-0.39, 0.29) is 28.2 Å². The quantitative estimate of drug-likeness (QED) is 0.843. The fraction of sp³-hybridized carbons (Fsp3) is 0.462. The number of nitrogens with zero attached hydrogens (tertiary/aromatic N) is 1. The molecule has 9 heteroatoms. The normalized spacial score (nSPS) is 19.9. The number of rotatable bonds is 4. The molecule has 1 aromatic carbocycles. The van der Waals surface area contributed by atoms with Crippen molar-refractivity contribution in [3.05, 3.63) is 22.4 Å². The van der Waals surface area contributed by atoms with E-state index in [0.717, 1.165) is 10.4 Å². The Balaban J connectivity index is 2.42. The van der Waals surface area contributed by atoms with Crippen molar-refractivity contribution in [2.75, 3.05) is 20.2 Å². The molecule has 1 unspecified atom stereocenters. The van der Waals surface area contributed by atoms with Gasteiger partial charge in [0.2, 0.25) is 10.0 Å². The first-order valence-corrected chi connectivity index (χ1v) is 8.76. The lowest BCUT2D eigenvalue weighted by atomic mass is 10.0. The van der Waals surface area contributed by atoms with E-state index in [4.69, 9.17) is 9.84 Å². The smallest absolute Gasteiger partial charge is 0.307 e. The molecule has 0 amide bonds. The van der Waals surface area contributed by atoms with E-state index in [1.807, 2.05) is 0 Å². The van der Waals surface area contributed by atoms with Gasteiger partial charge in [-0.1, -0.05) is 0 Å². The fourth-order valence-corrected chi connectivity index (χ4v) is 4.37. The maximum atomic E-state index is 13.7. The van der Waals surface area contributed by atoms with Crippen molar-refractivity contribution >= 4 is 31.9 Å². The summed E-state index contributed by atoms with van der Waals surface area (Å²) in [5.74, 6) is -2.51. The second-order valence-corrected chi connectivity index (χ2v) is 7.72. The van der Waals surface area contributed by atoms with Gasteiger partial charge in [0.05, 0.1) is 17.5 Å². The zero-order valence-electron chi connectivity index (χ0n) is 11.8. The Bertz CT molecular complexity index is 694. The molecule has 0 aliphatic carbocycles. The highest BCUT2D eigenvalue weighted by Crippen LogP contribution is 2.33. The van der Waals surface area contributed by atoms with Crippen molar-refractivity contribution in [2.24, 2.45) is 5.92 Å². The van der Waals surface area contributed by atoms with Gasteiger partial charge in [-0.05, 0) is 40.9 Å². The Morgan fingerprint density at radius 3 is 2.77 bits per heavy atom. The summed E-state index contributed by atoms with van der Waals surface area (Å²) < 4.78 is 45.2. The summed E-state index contributed by atoms with van der Waals surface area (Å²) in [5, 5.41) is 9.06. The van der Waals surface area contributed by atoms with Crippen LogP contribution in [-0.4, -0.2) is 44.0 Å². The highest BCUT2D eigenvalue weighted by Gasteiger charge is 2.35. The first-order valence-electron chi connectivity index (χ1n) is 6.53. The zero-order valence-corrected chi connectivity index (χ0v) is 14.2. The summed E-state index contributed by atoms with van der Waals surface area (Å²) in [7, 11) is -2.74. The molecule has 1 aromatic rings. The lowest BCUT2D eigenvalue weighted by Crippen LogP contribution is -2.42. The summed E-state index contributed by atoms with van der Waals surface area (Å²) in [6.45, 7) is 0.0749. The summed E-state index contributed by atoms with van der Waals surface area (Å²) >= 11 is 2.97. The molecule has 0 aromatic heterocycles. The number of methoxy groups -OCH3 is 1. The SMILES string of the molecule is COc1cc(Br)c(F)cc1S(=O)(=O)N1CCCC(C(=O)O)C1. The van der Waals surface area contributed by atoms with Crippen LogP contribution in [0.2, 0.25) is 0 Å². The highest BCUT2D eigenvalue weighted by atomic mass is 79.9. The van der Waals surface area contributed by atoms with Crippen LogP contribution in [0.5, 0.6) is 5.75 Å². The topological polar surface area (TPSA) is 83.9 Å². The second-order valence-electron chi connectivity index (χ2n) is 4.96. The van der Waals surface area contributed by atoms with E-state index in [9.17, 15) is 17.6 Å². The van der Waals surface area contributed by atoms with Crippen LogP contribution in [0.15, 0.2) is 21.5 Å². The van der Waals surface area contributed by atoms with E-state index >= 15 is 0 Å². The summed E-state index contributed by atoms with van der Waals surface area (Å²) in [6.07, 6.45) is 0.866. The van der Waals surface area contributed by atoms with Crippen molar-refractivity contribution in [2.45, 2.75) is 17.7 Å². The lowest BCUT2D eigenvalue weighted by molar-refractivity contribution is -0.142. The Labute approximate surface area is 136 Å². The van der Waals surface area contributed by atoms with Crippen LogP contribution in [0.25, 0.3) is 0 Å². The first-order chi connectivity index (χ1) is 10.3. The summed E-state index contributed by atoms with van der Waals surface area (Å²) in [6, 6.07) is 2.11. The fourth-order valence-electron chi connectivity index (χ4n) is 2.37. The molecule has 1 N–H and O–H groups in total. The van der Waals surface area contributed by atoms with E-state index in [1.54, 1.807) is 0 Å². The third kappa shape index (κ3) is 3.26. The van der Waals surface area contributed by atoms with Gasteiger partial charge in [0.15, 0.2) is 0 Å². The van der Waals surface area contributed by atoms with Gasteiger partial charge in [0.25, 0.3) is 0 Å². The van der Waals surface area contributed by atoms with Crippen molar-refractivity contribution in [1.29, 1.82) is 0 Å². The number of sulfonamides is 1. The number of carbonyl (C=O) groups is 1. The third-order valence-corrected chi connectivity index (χ3v) is 6.05. The van der Waals surface area contributed by atoms with Crippen LogP contribution in [0.1, 0.15) is 12.8 Å². The molecular formula is C13H15BrFNO5S. The van der Waals surface area contributed by atoms with Gasteiger partial charge in [-0.3, -0.25) is 4.79 Å². The molecule has 1 fully saturated rings. The van der Waals surface area contributed by atoms with Crippen molar-refractivity contribution in [1.82, 2.24) is 4.31 Å². The van der Waals surface area contributed by atoms with Crippen LogP contribution in [0, 0.1) is 11.7 Å². The van der Waals surface area contributed by atoms with Gasteiger partial charge >= 0.3 is 5.97 Å². The van der Waals surface area contributed by atoms with E-state index < -0.39 is 27.7 Å². The molecule has 6 nitrogen and oxygen atoms in total. The molecule has 0 spiro atoms. The Morgan fingerprint density at radius 1 is 1.50 bits per heavy atom. The maximum absolute atomic E-state index is 13.7. The highest BCUT2D eigenvalue weighted by molar-refractivity contribution is 9.10. The Hall–Kier alpha value is -1.19. The average Bonchev–Trinajstić information content (AvgIpc) is 2.49. The van der Waals surface area contributed by atoms with Crippen LogP contribution >= 0.6 is 15.9 Å². The van der Waals surface area contributed by atoms with Crippen LogP contribution < -0.4 is 4.74 Å². The van der Waals surface area contributed by atoms with Crippen molar-refractivity contribution in [3.63, 3.8) is 0 Å². The number of piperidine rings is 1. The minimum atomic E-state index is -4.03. The molecule has 1 aliphatic rings. The molecule has 22 heavy (non-hydrogen) atoms. The molecule has 2 rings (SSSR count). The molecule has 0 radical (unpaired) electrons. The van der Waals surface area contributed by atoms with E-state index in [0.29, 0.717) is 12.8 Å². The number of carboxylic acid groups (broad SMARTS) is 1. The van der Waals surface area contributed by atoms with Crippen molar-refractivity contribution in [3.8, 4) is 5.75 Å². The minimum absolute atomic E-state index is 0.00530. The molecular weight excluding hydrogens is 381 g/mol. The molecule has 1 saturated heterocycles. The number of hydrogen-bond donors (Lipinski definition) is 1. The van der Waals surface area contributed by atoms with Gasteiger partial charge < -0.3 is 9.84 Å². The number of hydrogen-bond acceptors (Lipinski definition) is 4. The minimum Gasteiger partial charge on any atom is -0.495 e. The second kappa shape index (κ2) is 6.51. The van der Waals surface area contributed by atoms with E-state index in [2.05, 4.69) is 15.9 Å². The van der Waals surface area contributed by atoms with Gasteiger partial charge in [0.1, 0.15) is 16.5 Å². The number of ether oxygens (including phenoxy) is 1. The number of benzene rings is 1. The maximum Gasteiger partial charge on any atom is 0.307 e. The predicted molar refractivity (Wildman–Crippen MR) is 79.8 cm³/mol. The molecule has 0 bridgehead atoms. The van der Waals surface area contributed by atoms with Gasteiger partial charge in [0, 0.05) is 13.1 Å². The van der Waals surface area contributed by atoms with E-state index in [1.165, 1.54) is 13.2 Å². The largest absolute Gasteiger partial charge is 0.495 e. The standard InChI is InChI=1S/C13H15BrFNO5S/c1-21-11-5-9(14)10(15)6-12(11)22(19,20)16-4-2-3-8(7-16)13(17)18/h5-6,8H,2-4,7H2,1H3,(H,17,18). The van der Waals surface area contributed by atoms with Crippen LogP contribution in [0.4, 0.5) is 4.39 Å². The predicted octanol–water partition coefficient (Wildman–Crippen LogP) is 2.08. The molecule has 0 saturated carbocycles. The summed E-state index contributed by atoms with van der Waals surface area (Å²) in [5.41, 5.74) is 0. The van der Waals surface area contributed by atoms with Crippen LogP contribution in [0.3, 0.4) is 0 Å². The Kier molecular flexibility index (Phi) is 5.08.